The molecule has 88 valence electrons. The highest BCUT2D eigenvalue weighted by atomic mass is 16.0. The number of hydrogen-bond acceptors (Lipinski definition) is 1. The number of benzene rings is 1. The molecular formula is C12H25N2O+. The zero-order valence-corrected chi connectivity index (χ0v) is 10.2. The molecule has 0 aromatic heterocycles. The van der Waals surface area contributed by atoms with Crippen molar-refractivity contribution in [1.82, 2.24) is 10.6 Å². The summed E-state index contributed by atoms with van der Waals surface area (Å²) in [6.07, 6.45) is 0. The largest absolute Gasteiger partial charge is 0.412 e. The van der Waals surface area contributed by atoms with Gasteiger partial charge in [-0.25, -0.2) is 0 Å². The van der Waals surface area contributed by atoms with Gasteiger partial charge in [-0.1, -0.05) is 18.2 Å². The van der Waals surface area contributed by atoms with Crippen LogP contribution in [-0.4, -0.2) is 25.1 Å². The normalized spacial score (nSPS) is 10.1. The molecule has 0 atom stereocenters. The van der Waals surface area contributed by atoms with Gasteiger partial charge >= 0.3 is 0 Å². The van der Waals surface area contributed by atoms with E-state index >= 15 is 0 Å². The fraction of sp³-hybridized carbons (Fsp3) is 0.500. The molecule has 0 radical (unpaired) electrons. The molecule has 0 aliphatic heterocycles. The van der Waals surface area contributed by atoms with Gasteiger partial charge in [0.15, 0.2) is 0 Å². The first-order valence-corrected chi connectivity index (χ1v) is 5.20. The van der Waals surface area contributed by atoms with Gasteiger partial charge in [0.2, 0.25) is 0 Å². The predicted octanol–water partition coefficient (Wildman–Crippen LogP) is 2.39. The molecule has 0 aliphatic rings. The van der Waals surface area contributed by atoms with Crippen LogP contribution < -0.4 is 10.6 Å². The maximum absolute atomic E-state index is 2.26. The second-order valence-corrected chi connectivity index (χ2v) is 3.43. The molecule has 0 saturated carbocycles. The summed E-state index contributed by atoms with van der Waals surface area (Å²) >= 11 is 0. The van der Waals surface area contributed by atoms with Crippen LogP contribution in [0, 0.1) is 0 Å². The van der Waals surface area contributed by atoms with Crippen LogP contribution in [0.2, 0.25) is 0 Å². The predicted molar refractivity (Wildman–Crippen MR) is 68.5 cm³/mol. The summed E-state index contributed by atoms with van der Waals surface area (Å²) in [7, 11) is 0. The molecule has 0 saturated heterocycles. The topological polar surface area (TPSA) is 66.5 Å². The minimum absolute atomic E-state index is 0. The molecule has 5 N–H and O–H groups in total. The highest BCUT2D eigenvalue weighted by molar-refractivity contribution is 5.42. The Balaban J connectivity index is 0. The van der Waals surface area contributed by atoms with Crippen LogP contribution in [-0.2, 0) is 0 Å². The average Bonchev–Trinajstić information content (AvgIpc) is 2.23. The fourth-order valence-electron chi connectivity index (χ4n) is 1.96. The summed E-state index contributed by atoms with van der Waals surface area (Å²) in [4.78, 5) is 0. The Kier molecular flexibility index (Phi) is 8.15. The molecule has 1 aromatic carbocycles. The number of rotatable bonds is 4. The van der Waals surface area contributed by atoms with E-state index in [1.54, 1.807) is 0 Å². The van der Waals surface area contributed by atoms with Gasteiger partial charge in [-0.15, -0.1) is 0 Å². The smallest absolute Gasteiger partial charge is 0.132 e. The Bertz CT molecular complexity index is 237. The van der Waals surface area contributed by atoms with Crippen molar-refractivity contribution in [2.75, 3.05) is 19.6 Å². The maximum atomic E-state index is 2.26. The molecule has 15 heavy (non-hydrogen) atoms. The third-order valence-electron chi connectivity index (χ3n) is 3.12. The van der Waals surface area contributed by atoms with Crippen LogP contribution in [0.4, 0.5) is 5.69 Å². The lowest BCUT2D eigenvalue weighted by atomic mass is 10.2. The second kappa shape index (κ2) is 7.40. The van der Waals surface area contributed by atoms with E-state index in [0.29, 0.717) is 0 Å². The fourth-order valence-corrected chi connectivity index (χ4v) is 1.96. The monoisotopic (exact) mass is 213 g/mol. The van der Waals surface area contributed by atoms with Gasteiger partial charge < -0.3 is 11.6 Å². The average molecular weight is 213 g/mol. The van der Waals surface area contributed by atoms with Gasteiger partial charge in [0.25, 0.3) is 0 Å². The third-order valence-corrected chi connectivity index (χ3v) is 3.12. The van der Waals surface area contributed by atoms with E-state index in [-0.39, 0.29) is 11.6 Å². The van der Waals surface area contributed by atoms with E-state index in [2.05, 4.69) is 51.1 Å². The van der Waals surface area contributed by atoms with Gasteiger partial charge in [0.1, 0.15) is 5.69 Å². The summed E-state index contributed by atoms with van der Waals surface area (Å²) in [5.41, 5.74) is 1.44. The van der Waals surface area contributed by atoms with Gasteiger partial charge in [0.05, 0.1) is 19.6 Å². The van der Waals surface area contributed by atoms with Crippen molar-refractivity contribution in [2.45, 2.75) is 20.8 Å². The van der Waals surface area contributed by atoms with Crippen molar-refractivity contribution < 1.29 is 5.48 Å². The molecular weight excluding hydrogens is 188 g/mol. The summed E-state index contributed by atoms with van der Waals surface area (Å²) in [5.74, 6) is 0. The Morgan fingerprint density at radius 2 is 1.27 bits per heavy atom. The number of nitrogens with zero attached hydrogens (tertiary/aromatic N) is 1. The molecule has 0 bridgehead atoms. The number of hydrogen-bond donors (Lipinski definition) is 1. The summed E-state index contributed by atoms with van der Waals surface area (Å²) < 4.78 is 1.10. The first-order chi connectivity index (χ1) is 6.29. The van der Waals surface area contributed by atoms with Crippen molar-refractivity contribution in [3.63, 3.8) is 0 Å². The van der Waals surface area contributed by atoms with Crippen LogP contribution in [0.1, 0.15) is 20.8 Å². The Morgan fingerprint density at radius 3 is 1.60 bits per heavy atom. The molecule has 0 fully saturated rings. The minimum atomic E-state index is 0. The van der Waals surface area contributed by atoms with Crippen molar-refractivity contribution in [2.24, 2.45) is 0 Å². The number of quaternary nitrogens is 1. The van der Waals surface area contributed by atoms with Gasteiger partial charge in [-0.2, -0.15) is 0 Å². The van der Waals surface area contributed by atoms with E-state index in [9.17, 15) is 0 Å². The Morgan fingerprint density at radius 1 is 0.867 bits per heavy atom. The first-order valence-electron chi connectivity index (χ1n) is 5.20. The van der Waals surface area contributed by atoms with Crippen LogP contribution in [0.3, 0.4) is 0 Å². The standard InChI is InChI=1S/C12H20N.H3N.H2O/c1-4-13(5-2,6-3)12-10-8-7-9-11-12;;/h7-11H,4-6H2,1-3H3;1H3;1H2/q+1;;. The van der Waals surface area contributed by atoms with Crippen LogP contribution >= 0.6 is 0 Å². The molecule has 0 aliphatic carbocycles. The molecule has 0 heterocycles. The molecule has 0 spiro atoms. The zero-order valence-electron chi connectivity index (χ0n) is 10.2. The molecule has 3 nitrogen and oxygen atoms in total. The zero-order chi connectivity index (χ0) is 9.73. The summed E-state index contributed by atoms with van der Waals surface area (Å²) in [6, 6.07) is 10.8. The van der Waals surface area contributed by atoms with E-state index in [0.717, 1.165) is 4.48 Å². The van der Waals surface area contributed by atoms with Crippen LogP contribution in [0.5, 0.6) is 0 Å². The summed E-state index contributed by atoms with van der Waals surface area (Å²) in [5, 5.41) is 0. The minimum Gasteiger partial charge on any atom is -0.412 e. The Hall–Kier alpha value is -0.900. The molecule has 0 unspecified atom stereocenters. The highest BCUT2D eigenvalue weighted by Gasteiger charge is 2.23. The lowest BCUT2D eigenvalue weighted by molar-refractivity contribution is 0.316. The van der Waals surface area contributed by atoms with E-state index in [1.807, 2.05) is 0 Å². The maximum Gasteiger partial charge on any atom is 0.132 e. The van der Waals surface area contributed by atoms with E-state index < -0.39 is 0 Å². The van der Waals surface area contributed by atoms with Gasteiger partial charge in [0, 0.05) is 0 Å². The van der Waals surface area contributed by atoms with E-state index in [4.69, 9.17) is 0 Å². The number of para-hydroxylation sites is 1. The first kappa shape index (κ1) is 16.5. The van der Waals surface area contributed by atoms with Crippen LogP contribution in [0.15, 0.2) is 30.3 Å². The SMILES string of the molecule is CC[N+](CC)(CC)c1ccccc1.N.O. The van der Waals surface area contributed by atoms with Crippen LogP contribution in [0.25, 0.3) is 0 Å². The summed E-state index contributed by atoms with van der Waals surface area (Å²) in [6.45, 7) is 10.3. The second-order valence-electron chi connectivity index (χ2n) is 3.43. The molecule has 0 amide bonds. The molecule has 1 rings (SSSR count). The highest BCUT2D eigenvalue weighted by Crippen LogP contribution is 2.21. The molecule has 3 heteroatoms. The lowest BCUT2D eigenvalue weighted by Gasteiger charge is -2.35. The van der Waals surface area contributed by atoms with Crippen molar-refractivity contribution in [3.05, 3.63) is 30.3 Å². The van der Waals surface area contributed by atoms with Crippen molar-refractivity contribution in [1.29, 1.82) is 0 Å². The third kappa shape index (κ3) is 3.30. The Labute approximate surface area is 93.2 Å². The van der Waals surface area contributed by atoms with Crippen molar-refractivity contribution in [3.8, 4) is 0 Å². The molecule has 1 aromatic rings. The quantitative estimate of drug-likeness (QED) is 0.767. The van der Waals surface area contributed by atoms with Crippen molar-refractivity contribution >= 4 is 5.69 Å². The van der Waals surface area contributed by atoms with E-state index in [1.165, 1.54) is 25.3 Å². The van der Waals surface area contributed by atoms with Gasteiger partial charge in [-0.05, 0) is 32.9 Å². The lowest BCUT2D eigenvalue weighted by Crippen LogP contribution is -2.48. The van der Waals surface area contributed by atoms with Gasteiger partial charge in [-0.3, -0.25) is 4.48 Å².